The fraction of sp³-hybridized carbons (Fsp3) is 0.294. The molecule has 0 amide bonds. The summed E-state index contributed by atoms with van der Waals surface area (Å²) in [6.07, 6.45) is 3.36. The SMILES string of the molecule is CCN(Cc1ccncc1)[C@H](C(=O)O)c1ccc(F)c(C)c1. The number of aliphatic carboxylic acids is 1. The third-order valence-corrected chi connectivity index (χ3v) is 3.64. The van der Waals surface area contributed by atoms with Crippen LogP contribution in [0.25, 0.3) is 0 Å². The number of nitrogens with zero attached hydrogens (tertiary/aromatic N) is 2. The molecule has 0 aliphatic heterocycles. The molecule has 5 heteroatoms. The highest BCUT2D eigenvalue weighted by atomic mass is 19.1. The topological polar surface area (TPSA) is 53.4 Å². The molecule has 0 saturated heterocycles. The minimum Gasteiger partial charge on any atom is -0.480 e. The second-order valence-electron chi connectivity index (χ2n) is 5.17. The molecule has 1 aromatic heterocycles. The summed E-state index contributed by atoms with van der Waals surface area (Å²) in [5.74, 6) is -1.27. The van der Waals surface area contributed by atoms with E-state index in [1.165, 1.54) is 12.1 Å². The Hall–Kier alpha value is -2.27. The Balaban J connectivity index is 2.32. The summed E-state index contributed by atoms with van der Waals surface area (Å²) in [7, 11) is 0. The molecule has 1 heterocycles. The fourth-order valence-corrected chi connectivity index (χ4v) is 2.46. The van der Waals surface area contributed by atoms with Crippen LogP contribution in [0.3, 0.4) is 0 Å². The summed E-state index contributed by atoms with van der Waals surface area (Å²) in [5, 5.41) is 9.62. The van der Waals surface area contributed by atoms with Crippen molar-refractivity contribution >= 4 is 5.97 Å². The molecule has 0 unspecified atom stereocenters. The van der Waals surface area contributed by atoms with Crippen LogP contribution in [0.2, 0.25) is 0 Å². The standard InChI is InChI=1S/C17H19FN2O2/c1-3-20(11-13-6-8-19-9-7-13)16(17(21)22)14-4-5-15(18)12(2)10-14/h4-10,16H,3,11H2,1-2H3,(H,21,22)/t16-/m0/s1. The normalized spacial score (nSPS) is 12.4. The largest absolute Gasteiger partial charge is 0.480 e. The third kappa shape index (κ3) is 3.68. The average molecular weight is 302 g/mol. The number of hydrogen-bond acceptors (Lipinski definition) is 3. The van der Waals surface area contributed by atoms with Gasteiger partial charge in [0.25, 0.3) is 0 Å². The second-order valence-corrected chi connectivity index (χ2v) is 5.17. The number of carboxylic acid groups (broad SMARTS) is 1. The van der Waals surface area contributed by atoms with E-state index in [0.29, 0.717) is 24.2 Å². The lowest BCUT2D eigenvalue weighted by Crippen LogP contribution is -2.33. The van der Waals surface area contributed by atoms with Crippen molar-refractivity contribution in [3.63, 3.8) is 0 Å². The monoisotopic (exact) mass is 302 g/mol. The van der Waals surface area contributed by atoms with E-state index in [9.17, 15) is 14.3 Å². The number of hydrogen-bond donors (Lipinski definition) is 1. The van der Waals surface area contributed by atoms with Crippen LogP contribution in [0.4, 0.5) is 4.39 Å². The maximum atomic E-state index is 13.4. The van der Waals surface area contributed by atoms with Crippen LogP contribution in [0.15, 0.2) is 42.7 Å². The van der Waals surface area contributed by atoms with Crippen LogP contribution in [0.5, 0.6) is 0 Å². The Morgan fingerprint density at radius 1 is 1.32 bits per heavy atom. The molecule has 116 valence electrons. The maximum absolute atomic E-state index is 13.4. The van der Waals surface area contributed by atoms with Gasteiger partial charge in [0.15, 0.2) is 0 Å². The average Bonchev–Trinajstić information content (AvgIpc) is 2.50. The highest BCUT2D eigenvalue weighted by Gasteiger charge is 2.27. The van der Waals surface area contributed by atoms with Gasteiger partial charge in [0, 0.05) is 18.9 Å². The molecule has 0 radical (unpaired) electrons. The van der Waals surface area contributed by atoms with E-state index in [-0.39, 0.29) is 5.82 Å². The minimum atomic E-state index is -0.943. The minimum absolute atomic E-state index is 0.329. The van der Waals surface area contributed by atoms with E-state index in [0.717, 1.165) is 5.56 Å². The zero-order chi connectivity index (χ0) is 16.1. The van der Waals surface area contributed by atoms with Crippen molar-refractivity contribution in [1.29, 1.82) is 0 Å². The van der Waals surface area contributed by atoms with E-state index in [1.807, 2.05) is 24.0 Å². The van der Waals surface area contributed by atoms with Gasteiger partial charge in [0.2, 0.25) is 0 Å². The van der Waals surface area contributed by atoms with Crippen molar-refractivity contribution in [3.05, 3.63) is 65.2 Å². The second kappa shape index (κ2) is 7.13. The van der Waals surface area contributed by atoms with E-state index in [2.05, 4.69) is 4.98 Å². The predicted molar refractivity (Wildman–Crippen MR) is 81.8 cm³/mol. The highest BCUT2D eigenvalue weighted by molar-refractivity contribution is 5.75. The zero-order valence-corrected chi connectivity index (χ0v) is 12.7. The molecule has 2 rings (SSSR count). The van der Waals surface area contributed by atoms with Gasteiger partial charge in [-0.2, -0.15) is 0 Å². The van der Waals surface area contributed by atoms with Gasteiger partial charge >= 0.3 is 5.97 Å². The van der Waals surface area contributed by atoms with E-state index in [1.54, 1.807) is 25.4 Å². The molecule has 22 heavy (non-hydrogen) atoms. The summed E-state index contributed by atoms with van der Waals surface area (Å²) >= 11 is 0. The molecule has 0 saturated carbocycles. The van der Waals surface area contributed by atoms with Crippen LogP contribution in [0, 0.1) is 12.7 Å². The number of halogens is 1. The van der Waals surface area contributed by atoms with Crippen molar-refractivity contribution in [2.45, 2.75) is 26.4 Å². The molecular weight excluding hydrogens is 283 g/mol. The first kappa shape index (κ1) is 16.1. The highest BCUT2D eigenvalue weighted by Crippen LogP contribution is 2.24. The number of pyridine rings is 1. The smallest absolute Gasteiger partial charge is 0.325 e. The van der Waals surface area contributed by atoms with Gasteiger partial charge in [-0.25, -0.2) is 4.39 Å². The molecule has 0 spiro atoms. The maximum Gasteiger partial charge on any atom is 0.325 e. The number of carboxylic acids is 1. The van der Waals surface area contributed by atoms with E-state index >= 15 is 0 Å². The Morgan fingerprint density at radius 2 is 2.00 bits per heavy atom. The molecule has 1 aromatic carbocycles. The summed E-state index contributed by atoms with van der Waals surface area (Å²) in [5.41, 5.74) is 2.02. The molecule has 2 aromatic rings. The number of rotatable bonds is 6. The van der Waals surface area contributed by atoms with Crippen molar-refractivity contribution in [3.8, 4) is 0 Å². The van der Waals surface area contributed by atoms with Gasteiger partial charge in [0.05, 0.1) is 0 Å². The summed E-state index contributed by atoms with van der Waals surface area (Å²) in [4.78, 5) is 17.5. The van der Waals surface area contributed by atoms with Crippen LogP contribution >= 0.6 is 0 Å². The van der Waals surface area contributed by atoms with Crippen LogP contribution in [0.1, 0.15) is 29.7 Å². The summed E-state index contributed by atoms with van der Waals surface area (Å²) in [6.45, 7) is 4.60. The molecule has 1 N–H and O–H groups in total. The lowest BCUT2D eigenvalue weighted by molar-refractivity contribution is -0.143. The van der Waals surface area contributed by atoms with E-state index < -0.39 is 12.0 Å². The van der Waals surface area contributed by atoms with Gasteiger partial charge in [-0.3, -0.25) is 14.7 Å². The van der Waals surface area contributed by atoms with Gasteiger partial charge < -0.3 is 5.11 Å². The number of benzene rings is 1. The molecule has 1 atom stereocenters. The lowest BCUT2D eigenvalue weighted by atomic mass is 10.0. The number of aryl methyl sites for hydroxylation is 1. The first-order valence-electron chi connectivity index (χ1n) is 7.14. The molecule has 0 aliphatic rings. The van der Waals surface area contributed by atoms with E-state index in [4.69, 9.17) is 0 Å². The van der Waals surface area contributed by atoms with Crippen LogP contribution < -0.4 is 0 Å². The Morgan fingerprint density at radius 3 is 2.55 bits per heavy atom. The van der Waals surface area contributed by atoms with Gasteiger partial charge in [-0.15, -0.1) is 0 Å². The van der Waals surface area contributed by atoms with Crippen LogP contribution in [-0.2, 0) is 11.3 Å². The molecular formula is C17H19FN2O2. The Labute approximate surface area is 129 Å². The fourth-order valence-electron chi connectivity index (χ4n) is 2.46. The Kier molecular flexibility index (Phi) is 5.22. The third-order valence-electron chi connectivity index (χ3n) is 3.64. The van der Waals surface area contributed by atoms with Gasteiger partial charge in [-0.1, -0.05) is 19.1 Å². The molecule has 4 nitrogen and oxygen atoms in total. The molecule has 0 aliphatic carbocycles. The van der Waals surface area contributed by atoms with Gasteiger partial charge in [0.1, 0.15) is 11.9 Å². The lowest BCUT2D eigenvalue weighted by Gasteiger charge is -2.28. The van der Waals surface area contributed by atoms with Crippen molar-refractivity contribution in [2.24, 2.45) is 0 Å². The number of carbonyl (C=O) groups is 1. The van der Waals surface area contributed by atoms with Crippen molar-refractivity contribution in [2.75, 3.05) is 6.54 Å². The van der Waals surface area contributed by atoms with Crippen molar-refractivity contribution < 1.29 is 14.3 Å². The zero-order valence-electron chi connectivity index (χ0n) is 12.7. The predicted octanol–water partition coefficient (Wildman–Crippen LogP) is 3.18. The van der Waals surface area contributed by atoms with Crippen molar-refractivity contribution in [1.82, 2.24) is 9.88 Å². The first-order chi connectivity index (χ1) is 10.5. The molecule has 0 fully saturated rings. The first-order valence-corrected chi connectivity index (χ1v) is 7.14. The number of aromatic nitrogens is 1. The van der Waals surface area contributed by atoms with Gasteiger partial charge in [-0.05, 0) is 48.4 Å². The Bertz CT molecular complexity index is 646. The summed E-state index contributed by atoms with van der Waals surface area (Å²) in [6, 6.07) is 7.37. The quantitative estimate of drug-likeness (QED) is 0.890. The summed E-state index contributed by atoms with van der Waals surface area (Å²) < 4.78 is 13.4. The van der Waals surface area contributed by atoms with Crippen LogP contribution in [-0.4, -0.2) is 27.5 Å². The number of likely N-dealkylation sites (N-methyl/N-ethyl adjacent to an activating group) is 1. The molecule has 0 bridgehead atoms.